The lowest BCUT2D eigenvalue weighted by Gasteiger charge is -2.23. The van der Waals surface area contributed by atoms with Crippen LogP contribution in [0.5, 0.6) is 0 Å². The molecule has 1 atom stereocenters. The Balaban J connectivity index is 2.22. The van der Waals surface area contributed by atoms with E-state index in [0.717, 1.165) is 14.9 Å². The summed E-state index contributed by atoms with van der Waals surface area (Å²) in [6.07, 6.45) is -0.0183. The predicted octanol–water partition coefficient (Wildman–Crippen LogP) is 1.25. The van der Waals surface area contributed by atoms with Gasteiger partial charge in [-0.1, -0.05) is 34.1 Å². The quantitative estimate of drug-likeness (QED) is 0.845. The first-order chi connectivity index (χ1) is 8.99. The van der Waals surface area contributed by atoms with Crippen LogP contribution in [0.1, 0.15) is 12.0 Å². The molecule has 1 saturated heterocycles. The highest BCUT2D eigenvalue weighted by Crippen LogP contribution is 2.21. The maximum absolute atomic E-state index is 11.6. The third kappa shape index (κ3) is 3.01. The number of nitrogens with zero attached hydrogens (tertiary/aromatic N) is 1. The average molecular weight is 326 g/mol. The molecule has 0 radical (unpaired) electrons. The number of halogens is 1. The summed E-state index contributed by atoms with van der Waals surface area (Å²) in [5, 5.41) is 9.27. The molecular formula is C13H12BrNO4. The van der Waals surface area contributed by atoms with E-state index < -0.39 is 17.9 Å². The van der Waals surface area contributed by atoms with Gasteiger partial charge in [0.25, 0.3) is 0 Å². The van der Waals surface area contributed by atoms with E-state index in [1.807, 2.05) is 12.1 Å². The van der Waals surface area contributed by atoms with Gasteiger partial charge in [-0.3, -0.25) is 9.59 Å². The molecule has 1 aliphatic heterocycles. The molecule has 0 unspecified atom stereocenters. The first-order valence-corrected chi connectivity index (χ1v) is 6.55. The summed E-state index contributed by atoms with van der Waals surface area (Å²) in [5.74, 6) is -1.74. The Kier molecular flexibility index (Phi) is 3.99. The van der Waals surface area contributed by atoms with Gasteiger partial charge in [0.15, 0.2) is 5.78 Å². The summed E-state index contributed by atoms with van der Waals surface area (Å²) in [7, 11) is 0. The van der Waals surface area contributed by atoms with E-state index in [1.54, 1.807) is 12.1 Å². The van der Waals surface area contributed by atoms with Crippen molar-refractivity contribution in [2.24, 2.45) is 0 Å². The predicted molar refractivity (Wildman–Crippen MR) is 70.6 cm³/mol. The number of rotatable bonds is 4. The van der Waals surface area contributed by atoms with Crippen molar-refractivity contribution < 1.29 is 19.5 Å². The SMILES string of the molecule is O=C1CC(=O)N([C@@H](Cc2ccccc2Br)C(=O)O)C1. The van der Waals surface area contributed by atoms with Gasteiger partial charge in [0.1, 0.15) is 6.04 Å². The Morgan fingerprint density at radius 3 is 2.58 bits per heavy atom. The highest BCUT2D eigenvalue weighted by Gasteiger charge is 2.36. The first-order valence-electron chi connectivity index (χ1n) is 5.76. The van der Waals surface area contributed by atoms with Gasteiger partial charge in [0.05, 0.1) is 13.0 Å². The topological polar surface area (TPSA) is 74.7 Å². The van der Waals surface area contributed by atoms with Gasteiger partial charge in [-0.05, 0) is 11.6 Å². The van der Waals surface area contributed by atoms with Gasteiger partial charge in [0.2, 0.25) is 5.91 Å². The first kappa shape index (κ1) is 13.7. The molecule has 0 aliphatic carbocycles. The fourth-order valence-electron chi connectivity index (χ4n) is 2.09. The van der Waals surface area contributed by atoms with Crippen LogP contribution in [0, 0.1) is 0 Å². The van der Waals surface area contributed by atoms with Crippen LogP contribution < -0.4 is 0 Å². The molecule has 1 fully saturated rings. The Labute approximate surface area is 118 Å². The smallest absolute Gasteiger partial charge is 0.326 e. The van der Waals surface area contributed by atoms with E-state index in [0.29, 0.717) is 0 Å². The summed E-state index contributed by atoms with van der Waals surface area (Å²) >= 11 is 3.35. The maximum Gasteiger partial charge on any atom is 0.326 e. The van der Waals surface area contributed by atoms with Crippen LogP contribution in [0.4, 0.5) is 0 Å². The van der Waals surface area contributed by atoms with Crippen LogP contribution in [0.3, 0.4) is 0 Å². The highest BCUT2D eigenvalue weighted by molar-refractivity contribution is 9.10. The lowest BCUT2D eigenvalue weighted by molar-refractivity contribution is -0.148. The second kappa shape index (κ2) is 5.52. The summed E-state index contributed by atoms with van der Waals surface area (Å²) in [6.45, 7) is -0.111. The summed E-state index contributed by atoms with van der Waals surface area (Å²) < 4.78 is 0.791. The molecule has 19 heavy (non-hydrogen) atoms. The molecule has 100 valence electrons. The number of hydrogen-bond donors (Lipinski definition) is 1. The van der Waals surface area contributed by atoms with E-state index in [4.69, 9.17) is 0 Å². The molecule has 1 heterocycles. The third-order valence-electron chi connectivity index (χ3n) is 3.05. The van der Waals surface area contributed by atoms with Crippen molar-refractivity contribution in [2.45, 2.75) is 18.9 Å². The second-order valence-electron chi connectivity index (χ2n) is 4.39. The third-order valence-corrected chi connectivity index (χ3v) is 3.82. The number of carboxylic acids is 1. The molecule has 0 bridgehead atoms. The molecule has 1 N–H and O–H groups in total. The van der Waals surface area contributed by atoms with Crippen LogP contribution in [0.25, 0.3) is 0 Å². The number of carboxylic acid groups (broad SMARTS) is 1. The molecule has 0 spiro atoms. The fourth-order valence-corrected chi connectivity index (χ4v) is 2.54. The largest absolute Gasteiger partial charge is 0.480 e. The Morgan fingerprint density at radius 1 is 1.37 bits per heavy atom. The number of carbonyl (C=O) groups is 3. The molecule has 6 heteroatoms. The van der Waals surface area contributed by atoms with Crippen LogP contribution in [0.2, 0.25) is 0 Å². The lowest BCUT2D eigenvalue weighted by Crippen LogP contribution is -2.43. The summed E-state index contributed by atoms with van der Waals surface area (Å²) in [6, 6.07) is 6.23. The average Bonchev–Trinajstić information content (AvgIpc) is 2.67. The minimum atomic E-state index is -1.10. The number of ketones is 1. The molecule has 1 aromatic rings. The van der Waals surface area contributed by atoms with Gasteiger partial charge in [-0.2, -0.15) is 0 Å². The molecule has 0 aromatic heterocycles. The van der Waals surface area contributed by atoms with Crippen molar-refractivity contribution in [1.82, 2.24) is 4.90 Å². The monoisotopic (exact) mass is 325 g/mol. The number of Topliss-reactive ketones (excluding diaryl/α,β-unsaturated/α-hetero) is 1. The number of likely N-dealkylation sites (tertiary alicyclic amines) is 1. The van der Waals surface area contributed by atoms with Crippen molar-refractivity contribution in [1.29, 1.82) is 0 Å². The maximum atomic E-state index is 11.6. The zero-order valence-corrected chi connectivity index (χ0v) is 11.6. The van der Waals surface area contributed by atoms with Crippen molar-refractivity contribution in [3.8, 4) is 0 Å². The zero-order chi connectivity index (χ0) is 14.0. The Hall–Kier alpha value is -1.69. The van der Waals surface area contributed by atoms with Gasteiger partial charge in [-0.15, -0.1) is 0 Å². The molecule has 5 nitrogen and oxygen atoms in total. The molecule has 0 saturated carbocycles. The van der Waals surface area contributed by atoms with E-state index >= 15 is 0 Å². The summed E-state index contributed by atoms with van der Waals surface area (Å²) in [4.78, 5) is 35.4. The van der Waals surface area contributed by atoms with Gasteiger partial charge in [-0.25, -0.2) is 4.79 Å². The van der Waals surface area contributed by atoms with Crippen LogP contribution in [-0.4, -0.2) is 40.3 Å². The normalized spacial score (nSPS) is 16.8. The van der Waals surface area contributed by atoms with E-state index in [2.05, 4.69) is 15.9 Å². The molecule has 1 aromatic carbocycles. The number of amides is 1. The van der Waals surface area contributed by atoms with Crippen LogP contribution >= 0.6 is 15.9 Å². The minimum Gasteiger partial charge on any atom is -0.480 e. The van der Waals surface area contributed by atoms with E-state index in [1.165, 1.54) is 0 Å². The van der Waals surface area contributed by atoms with Crippen LogP contribution in [0.15, 0.2) is 28.7 Å². The van der Waals surface area contributed by atoms with Crippen molar-refractivity contribution in [3.63, 3.8) is 0 Å². The van der Waals surface area contributed by atoms with Gasteiger partial charge in [0, 0.05) is 10.9 Å². The second-order valence-corrected chi connectivity index (χ2v) is 5.24. The molecule has 1 aliphatic rings. The minimum absolute atomic E-state index is 0.111. The number of aliphatic carboxylic acids is 1. The van der Waals surface area contributed by atoms with Crippen molar-refractivity contribution >= 4 is 33.6 Å². The van der Waals surface area contributed by atoms with Crippen molar-refractivity contribution in [2.75, 3.05) is 6.54 Å². The summed E-state index contributed by atoms with van der Waals surface area (Å²) in [5.41, 5.74) is 0.794. The highest BCUT2D eigenvalue weighted by atomic mass is 79.9. The number of benzene rings is 1. The van der Waals surface area contributed by atoms with Crippen LogP contribution in [-0.2, 0) is 20.8 Å². The van der Waals surface area contributed by atoms with E-state index in [9.17, 15) is 19.5 Å². The molecule has 1 amide bonds. The molecule has 2 rings (SSSR count). The van der Waals surface area contributed by atoms with Crippen molar-refractivity contribution in [3.05, 3.63) is 34.3 Å². The number of carbonyl (C=O) groups excluding carboxylic acids is 2. The fraction of sp³-hybridized carbons (Fsp3) is 0.308. The van der Waals surface area contributed by atoms with Gasteiger partial charge >= 0.3 is 5.97 Å². The zero-order valence-electron chi connectivity index (χ0n) is 10.0. The standard InChI is InChI=1S/C13H12BrNO4/c14-10-4-2-1-3-8(10)5-11(13(18)19)15-7-9(16)6-12(15)17/h1-4,11H,5-7H2,(H,18,19)/t11-/m0/s1. The lowest BCUT2D eigenvalue weighted by atomic mass is 10.0. The Morgan fingerprint density at radius 2 is 2.05 bits per heavy atom. The Bertz CT molecular complexity index is 543. The molecular weight excluding hydrogens is 314 g/mol. The van der Waals surface area contributed by atoms with E-state index in [-0.39, 0.29) is 25.2 Å². The van der Waals surface area contributed by atoms with Gasteiger partial charge < -0.3 is 10.0 Å². The number of hydrogen-bond acceptors (Lipinski definition) is 3.